The summed E-state index contributed by atoms with van der Waals surface area (Å²) < 4.78 is 28.6. The van der Waals surface area contributed by atoms with E-state index in [-0.39, 0.29) is 11.7 Å². The molecule has 0 bridgehead atoms. The molecule has 1 aliphatic rings. The van der Waals surface area contributed by atoms with Gasteiger partial charge >= 0.3 is 0 Å². The molecule has 0 N–H and O–H groups in total. The Labute approximate surface area is 188 Å². The van der Waals surface area contributed by atoms with E-state index in [1.807, 2.05) is 45.0 Å². The van der Waals surface area contributed by atoms with Crippen molar-refractivity contribution in [2.24, 2.45) is 11.3 Å². The van der Waals surface area contributed by atoms with Gasteiger partial charge in [-0.15, -0.1) is 11.3 Å². The SMILES string of the molecule is CC(C)=CC([C@@H]1CCC(=O)[C@@]1(C)Cc1cc2ccccc2s1)S(=O)(=O)c1ccccc1. The second-order valence-electron chi connectivity index (χ2n) is 8.98. The van der Waals surface area contributed by atoms with Crippen LogP contribution in [0.2, 0.25) is 0 Å². The standard InChI is InChI=1S/C26H28O3S2/c1-18(2)15-24(31(28,29)21-10-5-4-6-11-21)22-13-14-25(27)26(22,3)17-20-16-19-9-7-8-12-23(19)30-20/h4-12,15-16,22,24H,13-14,17H2,1-3H3/t22-,24?,26-/m0/s1. The van der Waals surface area contributed by atoms with Gasteiger partial charge in [-0.05, 0) is 62.3 Å². The maximum Gasteiger partial charge on any atom is 0.185 e. The van der Waals surface area contributed by atoms with Crippen LogP contribution in [0.25, 0.3) is 10.1 Å². The molecule has 1 unspecified atom stereocenters. The zero-order valence-electron chi connectivity index (χ0n) is 18.2. The Kier molecular flexibility index (Phi) is 5.93. The van der Waals surface area contributed by atoms with Gasteiger partial charge in [-0.3, -0.25) is 4.79 Å². The molecule has 0 aliphatic heterocycles. The molecule has 1 saturated carbocycles. The van der Waals surface area contributed by atoms with Crippen molar-refractivity contribution in [1.82, 2.24) is 0 Å². The molecule has 1 heterocycles. The molecular formula is C26H28O3S2. The van der Waals surface area contributed by atoms with Crippen molar-refractivity contribution in [2.75, 3.05) is 0 Å². The fourth-order valence-corrected chi connectivity index (χ4v) is 8.26. The maximum atomic E-state index is 13.7. The van der Waals surface area contributed by atoms with E-state index in [0.29, 0.717) is 24.2 Å². The molecule has 3 atom stereocenters. The minimum atomic E-state index is -3.62. The number of fused-ring (bicyclic) bond motifs is 1. The number of ketones is 1. The van der Waals surface area contributed by atoms with Gasteiger partial charge in [-0.2, -0.15) is 0 Å². The van der Waals surface area contributed by atoms with Gasteiger partial charge in [0.05, 0.1) is 10.1 Å². The van der Waals surface area contributed by atoms with E-state index in [4.69, 9.17) is 0 Å². The minimum absolute atomic E-state index is 0.172. The van der Waals surface area contributed by atoms with Crippen molar-refractivity contribution in [3.8, 4) is 0 Å². The van der Waals surface area contributed by atoms with Crippen molar-refractivity contribution in [1.29, 1.82) is 0 Å². The van der Waals surface area contributed by atoms with Crippen LogP contribution in [0.1, 0.15) is 38.5 Å². The van der Waals surface area contributed by atoms with Gasteiger partial charge in [0, 0.05) is 21.4 Å². The Hall–Kier alpha value is -2.24. The Balaban J connectivity index is 1.76. The Bertz CT molecular complexity index is 1200. The minimum Gasteiger partial charge on any atom is -0.299 e. The van der Waals surface area contributed by atoms with E-state index in [0.717, 1.165) is 10.5 Å². The summed E-state index contributed by atoms with van der Waals surface area (Å²) in [5.41, 5.74) is 0.243. The monoisotopic (exact) mass is 452 g/mol. The fourth-order valence-electron chi connectivity index (χ4n) is 4.86. The van der Waals surface area contributed by atoms with Crippen LogP contribution in [0.15, 0.2) is 77.2 Å². The number of hydrogen-bond donors (Lipinski definition) is 0. The largest absolute Gasteiger partial charge is 0.299 e. The first-order valence-corrected chi connectivity index (χ1v) is 13.0. The number of allylic oxidation sites excluding steroid dienone is 1. The van der Waals surface area contributed by atoms with Gasteiger partial charge < -0.3 is 0 Å². The molecule has 4 rings (SSSR count). The lowest BCUT2D eigenvalue weighted by Crippen LogP contribution is -2.40. The molecule has 3 nitrogen and oxygen atoms in total. The second-order valence-corrected chi connectivity index (χ2v) is 12.3. The summed E-state index contributed by atoms with van der Waals surface area (Å²) in [5, 5.41) is 0.455. The van der Waals surface area contributed by atoms with Crippen LogP contribution in [0, 0.1) is 11.3 Å². The first-order chi connectivity index (χ1) is 14.7. The number of benzene rings is 2. The van der Waals surface area contributed by atoms with Crippen molar-refractivity contribution >= 4 is 37.0 Å². The lowest BCUT2D eigenvalue weighted by molar-refractivity contribution is -0.126. The molecule has 1 aromatic heterocycles. The smallest absolute Gasteiger partial charge is 0.185 e. The molecular weight excluding hydrogens is 424 g/mol. The van der Waals surface area contributed by atoms with E-state index >= 15 is 0 Å². The van der Waals surface area contributed by atoms with E-state index < -0.39 is 20.5 Å². The molecule has 1 fully saturated rings. The lowest BCUT2D eigenvalue weighted by Gasteiger charge is -2.34. The van der Waals surface area contributed by atoms with Crippen LogP contribution in [-0.2, 0) is 21.1 Å². The molecule has 162 valence electrons. The summed E-state index contributed by atoms with van der Waals surface area (Å²) in [7, 11) is -3.62. The van der Waals surface area contributed by atoms with Crippen LogP contribution < -0.4 is 0 Å². The Morgan fingerprint density at radius 3 is 2.48 bits per heavy atom. The summed E-state index contributed by atoms with van der Waals surface area (Å²) in [5.74, 6) is -0.0873. The average molecular weight is 453 g/mol. The number of carbonyl (C=O) groups excluding carboxylic acids is 1. The number of Topliss-reactive ketones (excluding diaryl/α,β-unsaturated/α-hetero) is 1. The first-order valence-electron chi connectivity index (χ1n) is 10.7. The summed E-state index contributed by atoms with van der Waals surface area (Å²) in [6.07, 6.45) is 3.46. The first kappa shape index (κ1) is 22.0. The summed E-state index contributed by atoms with van der Waals surface area (Å²) in [6, 6.07) is 19.0. The summed E-state index contributed by atoms with van der Waals surface area (Å²) in [6.45, 7) is 5.82. The number of thiophene rings is 1. The molecule has 0 saturated heterocycles. The second kappa shape index (κ2) is 8.36. The zero-order valence-corrected chi connectivity index (χ0v) is 19.8. The molecule has 0 radical (unpaired) electrons. The van der Waals surface area contributed by atoms with Gasteiger partial charge in [-0.1, -0.05) is 55.0 Å². The normalized spacial score (nSPS) is 22.5. The highest BCUT2D eigenvalue weighted by atomic mass is 32.2. The maximum absolute atomic E-state index is 13.7. The quantitative estimate of drug-likeness (QED) is 0.416. The van der Waals surface area contributed by atoms with Crippen LogP contribution in [-0.4, -0.2) is 19.5 Å². The van der Waals surface area contributed by atoms with Crippen LogP contribution in [0.4, 0.5) is 0 Å². The summed E-state index contributed by atoms with van der Waals surface area (Å²) in [4.78, 5) is 14.6. The highest BCUT2D eigenvalue weighted by Crippen LogP contribution is 2.48. The Morgan fingerprint density at radius 1 is 1.13 bits per heavy atom. The predicted molar refractivity (Wildman–Crippen MR) is 128 cm³/mol. The third kappa shape index (κ3) is 4.13. The van der Waals surface area contributed by atoms with Gasteiger partial charge in [0.1, 0.15) is 5.78 Å². The van der Waals surface area contributed by atoms with Gasteiger partial charge in [-0.25, -0.2) is 8.42 Å². The van der Waals surface area contributed by atoms with Crippen LogP contribution >= 0.6 is 11.3 Å². The highest BCUT2D eigenvalue weighted by Gasteiger charge is 2.52. The van der Waals surface area contributed by atoms with Gasteiger partial charge in [0.25, 0.3) is 0 Å². The molecule has 0 spiro atoms. The lowest BCUT2D eigenvalue weighted by atomic mass is 9.74. The van der Waals surface area contributed by atoms with Crippen molar-refractivity contribution in [3.63, 3.8) is 0 Å². The molecule has 1 aliphatic carbocycles. The van der Waals surface area contributed by atoms with Crippen molar-refractivity contribution < 1.29 is 13.2 Å². The molecule has 3 aromatic rings. The third-order valence-corrected chi connectivity index (χ3v) is 9.71. The molecule has 2 aromatic carbocycles. The third-order valence-electron chi connectivity index (χ3n) is 6.48. The molecule has 31 heavy (non-hydrogen) atoms. The highest BCUT2D eigenvalue weighted by molar-refractivity contribution is 7.92. The molecule has 0 amide bonds. The average Bonchev–Trinajstić information content (AvgIpc) is 3.27. The zero-order chi connectivity index (χ0) is 22.2. The fraction of sp³-hybridized carbons (Fsp3) is 0.346. The number of sulfone groups is 1. The van der Waals surface area contributed by atoms with E-state index in [1.54, 1.807) is 35.6 Å². The topological polar surface area (TPSA) is 51.2 Å². The Morgan fingerprint density at radius 2 is 1.81 bits per heavy atom. The van der Waals surface area contributed by atoms with Crippen LogP contribution in [0.3, 0.4) is 0 Å². The van der Waals surface area contributed by atoms with Crippen molar-refractivity contribution in [2.45, 2.75) is 50.2 Å². The van der Waals surface area contributed by atoms with E-state index in [2.05, 4.69) is 18.2 Å². The summed E-state index contributed by atoms with van der Waals surface area (Å²) >= 11 is 1.70. The number of hydrogen-bond acceptors (Lipinski definition) is 4. The predicted octanol–water partition coefficient (Wildman–Crippen LogP) is 6.24. The number of rotatable bonds is 6. The van der Waals surface area contributed by atoms with Gasteiger partial charge in [0.2, 0.25) is 0 Å². The van der Waals surface area contributed by atoms with E-state index in [1.165, 1.54) is 10.1 Å². The van der Waals surface area contributed by atoms with Gasteiger partial charge in [0.15, 0.2) is 9.84 Å². The molecule has 5 heteroatoms. The van der Waals surface area contributed by atoms with Crippen LogP contribution in [0.5, 0.6) is 0 Å². The van der Waals surface area contributed by atoms with Crippen molar-refractivity contribution in [3.05, 3.63) is 77.2 Å². The van der Waals surface area contributed by atoms with E-state index in [9.17, 15) is 13.2 Å². The number of carbonyl (C=O) groups is 1.